The molecule has 3 rings (SSSR count). The van der Waals surface area contributed by atoms with Gasteiger partial charge in [-0.3, -0.25) is 0 Å². The van der Waals surface area contributed by atoms with Crippen LogP contribution < -0.4 is 10.1 Å². The lowest BCUT2D eigenvalue weighted by Gasteiger charge is -2.11. The van der Waals surface area contributed by atoms with E-state index >= 15 is 0 Å². The predicted octanol–water partition coefficient (Wildman–Crippen LogP) is 4.33. The van der Waals surface area contributed by atoms with Gasteiger partial charge in [0.15, 0.2) is 0 Å². The van der Waals surface area contributed by atoms with E-state index in [1.54, 1.807) is 0 Å². The molecular formula is C16H15ClFNO. The Morgan fingerprint density at radius 1 is 1.25 bits per heavy atom. The van der Waals surface area contributed by atoms with Crippen LogP contribution in [0, 0.1) is 12.7 Å². The van der Waals surface area contributed by atoms with Gasteiger partial charge in [-0.1, -0.05) is 11.6 Å². The van der Waals surface area contributed by atoms with Crippen molar-refractivity contribution in [2.24, 2.45) is 0 Å². The van der Waals surface area contributed by atoms with Gasteiger partial charge in [0.05, 0.1) is 6.61 Å². The molecule has 1 N–H and O–H groups in total. The predicted molar refractivity (Wildman–Crippen MR) is 79.1 cm³/mol. The molecule has 0 spiro atoms. The maximum Gasteiger partial charge on any atom is 0.127 e. The minimum absolute atomic E-state index is 0.236. The van der Waals surface area contributed by atoms with Crippen LogP contribution in [0.2, 0.25) is 5.02 Å². The minimum Gasteiger partial charge on any atom is -0.493 e. The number of ether oxygens (including phenoxy) is 1. The van der Waals surface area contributed by atoms with E-state index in [4.69, 9.17) is 16.3 Å². The van der Waals surface area contributed by atoms with Crippen molar-refractivity contribution in [3.05, 3.63) is 57.9 Å². The standard InChI is InChI=1S/C16H15ClFNO/c1-10-4-14(18)8-15(5-10)19-9-12-7-13(17)6-11-2-3-20-16(11)12/h4-8,19H,2-3,9H2,1H3. The second-order valence-electron chi connectivity index (χ2n) is 5.02. The molecule has 0 radical (unpaired) electrons. The van der Waals surface area contributed by atoms with Crippen molar-refractivity contribution >= 4 is 17.3 Å². The summed E-state index contributed by atoms with van der Waals surface area (Å²) in [5, 5.41) is 3.93. The summed E-state index contributed by atoms with van der Waals surface area (Å²) in [5.74, 6) is 0.676. The highest BCUT2D eigenvalue weighted by atomic mass is 35.5. The summed E-state index contributed by atoms with van der Waals surface area (Å²) in [6.45, 7) is 3.13. The molecule has 4 heteroatoms. The summed E-state index contributed by atoms with van der Waals surface area (Å²) in [7, 11) is 0. The fraction of sp³-hybridized carbons (Fsp3) is 0.250. The molecule has 0 saturated carbocycles. The van der Waals surface area contributed by atoms with Crippen LogP contribution in [0.1, 0.15) is 16.7 Å². The third-order valence-corrected chi connectivity index (χ3v) is 3.57. The molecule has 0 atom stereocenters. The number of rotatable bonds is 3. The van der Waals surface area contributed by atoms with Gasteiger partial charge in [0.25, 0.3) is 0 Å². The number of halogens is 2. The lowest BCUT2D eigenvalue weighted by atomic mass is 10.1. The second kappa shape index (κ2) is 5.33. The van der Waals surface area contributed by atoms with E-state index in [0.717, 1.165) is 34.5 Å². The number of nitrogens with one attached hydrogen (secondary N) is 1. The Kier molecular flexibility index (Phi) is 3.53. The van der Waals surface area contributed by atoms with Crippen LogP contribution in [-0.2, 0) is 13.0 Å². The molecule has 0 amide bonds. The zero-order valence-electron chi connectivity index (χ0n) is 11.2. The normalized spacial score (nSPS) is 12.9. The lowest BCUT2D eigenvalue weighted by Crippen LogP contribution is -2.02. The third-order valence-electron chi connectivity index (χ3n) is 3.35. The topological polar surface area (TPSA) is 21.3 Å². The van der Waals surface area contributed by atoms with Crippen LogP contribution in [0.15, 0.2) is 30.3 Å². The highest BCUT2D eigenvalue weighted by molar-refractivity contribution is 6.30. The lowest BCUT2D eigenvalue weighted by molar-refractivity contribution is 0.354. The SMILES string of the molecule is Cc1cc(F)cc(NCc2cc(Cl)cc3c2OCC3)c1. The van der Waals surface area contributed by atoms with Crippen molar-refractivity contribution in [2.75, 3.05) is 11.9 Å². The first-order valence-electron chi connectivity index (χ1n) is 6.57. The summed E-state index contributed by atoms with van der Waals surface area (Å²) in [5.41, 5.74) is 3.80. The van der Waals surface area contributed by atoms with Crippen LogP contribution in [0.3, 0.4) is 0 Å². The van der Waals surface area contributed by atoms with E-state index in [-0.39, 0.29) is 5.82 Å². The fourth-order valence-corrected chi connectivity index (χ4v) is 2.78. The average Bonchev–Trinajstić information content (AvgIpc) is 2.82. The molecule has 1 aliphatic rings. The molecule has 0 bridgehead atoms. The van der Waals surface area contributed by atoms with Crippen LogP contribution in [0.4, 0.5) is 10.1 Å². The second-order valence-corrected chi connectivity index (χ2v) is 5.46. The molecule has 2 aromatic rings. The molecule has 1 heterocycles. The Labute approximate surface area is 122 Å². The maximum absolute atomic E-state index is 13.4. The molecular weight excluding hydrogens is 277 g/mol. The van der Waals surface area contributed by atoms with Crippen LogP contribution in [-0.4, -0.2) is 6.61 Å². The molecule has 2 nitrogen and oxygen atoms in total. The van der Waals surface area contributed by atoms with Gasteiger partial charge in [0.1, 0.15) is 11.6 Å². The van der Waals surface area contributed by atoms with Crippen molar-refractivity contribution in [2.45, 2.75) is 19.9 Å². The third kappa shape index (κ3) is 2.73. The van der Waals surface area contributed by atoms with Gasteiger partial charge in [0, 0.05) is 29.2 Å². The van der Waals surface area contributed by atoms with Crippen LogP contribution >= 0.6 is 11.6 Å². The Hall–Kier alpha value is -1.74. The molecule has 104 valence electrons. The summed E-state index contributed by atoms with van der Waals surface area (Å²) >= 11 is 6.12. The van der Waals surface area contributed by atoms with Gasteiger partial charge < -0.3 is 10.1 Å². The van der Waals surface area contributed by atoms with Gasteiger partial charge in [-0.15, -0.1) is 0 Å². The van der Waals surface area contributed by atoms with Crippen molar-refractivity contribution in [3.8, 4) is 5.75 Å². The molecule has 0 aliphatic carbocycles. The van der Waals surface area contributed by atoms with E-state index in [1.165, 1.54) is 12.1 Å². The first kappa shape index (κ1) is 13.3. The molecule has 1 aliphatic heterocycles. The summed E-state index contributed by atoms with van der Waals surface area (Å²) < 4.78 is 19.0. The van der Waals surface area contributed by atoms with E-state index in [2.05, 4.69) is 5.32 Å². The highest BCUT2D eigenvalue weighted by Gasteiger charge is 2.17. The zero-order valence-corrected chi connectivity index (χ0v) is 11.9. The Morgan fingerprint density at radius 3 is 2.90 bits per heavy atom. The van der Waals surface area contributed by atoms with Gasteiger partial charge in [-0.2, -0.15) is 0 Å². The summed E-state index contributed by atoms with van der Waals surface area (Å²) in [6.07, 6.45) is 0.891. The zero-order chi connectivity index (χ0) is 14.1. The summed E-state index contributed by atoms with van der Waals surface area (Å²) in [4.78, 5) is 0. The molecule has 2 aromatic carbocycles. The van der Waals surface area contributed by atoms with Gasteiger partial charge in [-0.05, 0) is 48.4 Å². The number of anilines is 1. The Morgan fingerprint density at radius 2 is 2.10 bits per heavy atom. The molecule has 20 heavy (non-hydrogen) atoms. The maximum atomic E-state index is 13.4. The number of hydrogen-bond acceptors (Lipinski definition) is 2. The smallest absolute Gasteiger partial charge is 0.127 e. The van der Waals surface area contributed by atoms with Gasteiger partial charge in [-0.25, -0.2) is 4.39 Å². The van der Waals surface area contributed by atoms with E-state index in [0.29, 0.717) is 18.2 Å². The monoisotopic (exact) mass is 291 g/mol. The highest BCUT2D eigenvalue weighted by Crippen LogP contribution is 2.33. The van der Waals surface area contributed by atoms with Crippen molar-refractivity contribution in [3.63, 3.8) is 0 Å². The van der Waals surface area contributed by atoms with Gasteiger partial charge >= 0.3 is 0 Å². The van der Waals surface area contributed by atoms with E-state index in [1.807, 2.05) is 25.1 Å². The average molecular weight is 292 g/mol. The van der Waals surface area contributed by atoms with E-state index < -0.39 is 0 Å². The first-order valence-corrected chi connectivity index (χ1v) is 6.95. The quantitative estimate of drug-likeness (QED) is 0.908. The Balaban J connectivity index is 1.82. The largest absolute Gasteiger partial charge is 0.493 e. The van der Waals surface area contributed by atoms with E-state index in [9.17, 15) is 4.39 Å². The van der Waals surface area contributed by atoms with Crippen molar-refractivity contribution in [1.82, 2.24) is 0 Å². The fourth-order valence-electron chi connectivity index (χ4n) is 2.51. The molecule has 0 unspecified atom stereocenters. The first-order chi connectivity index (χ1) is 9.61. The van der Waals surface area contributed by atoms with Crippen molar-refractivity contribution < 1.29 is 9.13 Å². The van der Waals surface area contributed by atoms with Crippen LogP contribution in [0.5, 0.6) is 5.75 Å². The summed E-state index contributed by atoms with van der Waals surface area (Å²) in [6, 6.07) is 8.74. The number of hydrogen-bond donors (Lipinski definition) is 1. The molecule has 0 fully saturated rings. The van der Waals surface area contributed by atoms with Crippen molar-refractivity contribution in [1.29, 1.82) is 0 Å². The Bertz CT molecular complexity index is 637. The van der Waals surface area contributed by atoms with Gasteiger partial charge in [0.2, 0.25) is 0 Å². The number of aryl methyl sites for hydroxylation is 1. The molecule has 0 saturated heterocycles. The number of benzene rings is 2. The number of fused-ring (bicyclic) bond motifs is 1. The van der Waals surface area contributed by atoms with Crippen LogP contribution in [0.25, 0.3) is 0 Å². The minimum atomic E-state index is -0.236. The molecule has 0 aromatic heterocycles.